The van der Waals surface area contributed by atoms with Gasteiger partial charge in [-0.2, -0.15) is 0 Å². The zero-order valence-corrected chi connectivity index (χ0v) is 12.5. The molecule has 0 fully saturated rings. The summed E-state index contributed by atoms with van der Waals surface area (Å²) in [6.07, 6.45) is 0. The lowest BCUT2D eigenvalue weighted by molar-refractivity contribution is 0.247. The molecular formula is C16H19O3P. The molecule has 0 spiro atoms. The summed E-state index contributed by atoms with van der Waals surface area (Å²) >= 11 is 0. The molecule has 106 valence electrons. The van der Waals surface area contributed by atoms with Crippen LogP contribution in [0.3, 0.4) is 0 Å². The minimum absolute atomic E-state index is 0.000833. The lowest BCUT2D eigenvalue weighted by Gasteiger charge is -2.19. The van der Waals surface area contributed by atoms with Crippen LogP contribution in [0, 0.1) is 13.8 Å². The van der Waals surface area contributed by atoms with Gasteiger partial charge in [-0.25, -0.2) is 0 Å². The molecule has 20 heavy (non-hydrogen) atoms. The van der Waals surface area contributed by atoms with Gasteiger partial charge in [0.15, 0.2) is 0 Å². The summed E-state index contributed by atoms with van der Waals surface area (Å²) in [6.45, 7) is 4.34. The lowest BCUT2D eigenvalue weighted by Crippen LogP contribution is -2.08. The molecule has 0 atom stereocenters. The van der Waals surface area contributed by atoms with Gasteiger partial charge in [0.25, 0.3) is 0 Å². The van der Waals surface area contributed by atoms with Crippen molar-refractivity contribution < 1.29 is 14.3 Å². The molecule has 0 amide bonds. The summed E-state index contributed by atoms with van der Waals surface area (Å²) in [6, 6.07) is 16.4. The zero-order chi connectivity index (χ0) is 14.5. The molecular weight excluding hydrogens is 271 g/mol. The largest absolute Gasteiger partial charge is 0.328 e. The van der Waals surface area contributed by atoms with Crippen LogP contribution in [-0.2, 0) is 4.52 Å². The van der Waals surface area contributed by atoms with Crippen LogP contribution in [0.2, 0.25) is 0 Å². The van der Waals surface area contributed by atoms with E-state index in [1.165, 1.54) is 11.1 Å². The third-order valence-corrected chi connectivity index (χ3v) is 3.63. The number of rotatable bonds is 5. The van der Waals surface area contributed by atoms with Crippen molar-refractivity contribution in [3.05, 3.63) is 70.8 Å². The van der Waals surface area contributed by atoms with Gasteiger partial charge >= 0.3 is 8.60 Å². The van der Waals surface area contributed by atoms with E-state index in [0.29, 0.717) is 0 Å². The predicted octanol–water partition coefficient (Wildman–Crippen LogP) is 3.66. The summed E-state index contributed by atoms with van der Waals surface area (Å²) in [5.41, 5.74) is 4.59. The first-order valence-electron chi connectivity index (χ1n) is 6.50. The van der Waals surface area contributed by atoms with E-state index in [1.54, 1.807) is 0 Å². The Labute approximate surface area is 120 Å². The highest BCUT2D eigenvalue weighted by Crippen LogP contribution is 2.32. The van der Waals surface area contributed by atoms with E-state index in [4.69, 9.17) is 14.3 Å². The molecule has 0 unspecified atom stereocenters. The van der Waals surface area contributed by atoms with Gasteiger partial charge in [0.2, 0.25) is 0 Å². The van der Waals surface area contributed by atoms with Crippen molar-refractivity contribution >= 4 is 8.60 Å². The van der Waals surface area contributed by atoms with Gasteiger partial charge in [0.1, 0.15) is 0 Å². The van der Waals surface area contributed by atoms with Crippen LogP contribution in [0.1, 0.15) is 28.2 Å². The highest BCUT2D eigenvalue weighted by molar-refractivity contribution is 7.39. The SMILES string of the molecule is Cc1cccc(C(COP(O)O)c2cccc(C)c2)c1. The molecule has 2 aromatic rings. The van der Waals surface area contributed by atoms with E-state index in [0.717, 1.165) is 11.1 Å². The van der Waals surface area contributed by atoms with Gasteiger partial charge in [-0.3, -0.25) is 0 Å². The minimum atomic E-state index is -2.33. The standard InChI is InChI=1S/C16H19O3P/c1-12-5-3-7-14(9-12)16(11-19-20(17)18)15-8-4-6-13(2)10-15/h3-10,16-18H,11H2,1-2H3. The van der Waals surface area contributed by atoms with Crippen molar-refractivity contribution in [2.24, 2.45) is 0 Å². The van der Waals surface area contributed by atoms with Crippen molar-refractivity contribution in [2.75, 3.05) is 6.61 Å². The van der Waals surface area contributed by atoms with Crippen LogP contribution in [0.25, 0.3) is 0 Å². The van der Waals surface area contributed by atoms with E-state index in [9.17, 15) is 0 Å². The molecule has 0 heterocycles. The van der Waals surface area contributed by atoms with Crippen molar-refractivity contribution in [3.8, 4) is 0 Å². The smallest absolute Gasteiger partial charge is 0.327 e. The topological polar surface area (TPSA) is 49.7 Å². The Morgan fingerprint density at radius 3 is 1.85 bits per heavy atom. The van der Waals surface area contributed by atoms with E-state index < -0.39 is 8.60 Å². The predicted molar refractivity (Wildman–Crippen MR) is 81.5 cm³/mol. The quantitative estimate of drug-likeness (QED) is 0.826. The molecule has 0 aromatic heterocycles. The van der Waals surface area contributed by atoms with Crippen LogP contribution < -0.4 is 0 Å². The first-order chi connectivity index (χ1) is 9.56. The summed E-state index contributed by atoms with van der Waals surface area (Å²) < 4.78 is 5.07. The van der Waals surface area contributed by atoms with Crippen LogP contribution in [0.5, 0.6) is 0 Å². The van der Waals surface area contributed by atoms with Gasteiger partial charge in [-0.15, -0.1) is 0 Å². The maximum atomic E-state index is 9.00. The molecule has 0 radical (unpaired) electrons. The second kappa shape index (κ2) is 6.96. The second-order valence-electron chi connectivity index (χ2n) is 4.93. The fourth-order valence-corrected chi connectivity index (χ4v) is 2.58. The van der Waals surface area contributed by atoms with Crippen LogP contribution in [-0.4, -0.2) is 16.4 Å². The highest BCUT2D eigenvalue weighted by Gasteiger charge is 2.16. The number of aryl methyl sites for hydroxylation is 2. The van der Waals surface area contributed by atoms with Crippen LogP contribution >= 0.6 is 8.60 Å². The summed E-state index contributed by atoms with van der Waals surface area (Å²) in [5.74, 6) is -0.000833. The molecule has 2 N–H and O–H groups in total. The normalized spacial score (nSPS) is 11.3. The van der Waals surface area contributed by atoms with E-state index in [1.807, 2.05) is 50.2 Å². The number of hydrogen-bond acceptors (Lipinski definition) is 3. The Hall–Kier alpha value is -1.25. The average Bonchev–Trinajstić information content (AvgIpc) is 2.39. The molecule has 4 heteroatoms. The molecule has 0 saturated carbocycles. The first kappa shape index (κ1) is 15.1. The lowest BCUT2D eigenvalue weighted by atomic mass is 9.90. The van der Waals surface area contributed by atoms with Crippen LogP contribution in [0.15, 0.2) is 48.5 Å². The Morgan fingerprint density at radius 2 is 1.45 bits per heavy atom. The fourth-order valence-electron chi connectivity index (χ4n) is 2.30. The van der Waals surface area contributed by atoms with E-state index in [-0.39, 0.29) is 12.5 Å². The molecule has 0 aliphatic heterocycles. The molecule has 2 aromatic carbocycles. The molecule has 0 aliphatic carbocycles. The Balaban J connectivity index is 2.34. The third-order valence-electron chi connectivity index (χ3n) is 3.25. The monoisotopic (exact) mass is 290 g/mol. The van der Waals surface area contributed by atoms with E-state index >= 15 is 0 Å². The Kier molecular flexibility index (Phi) is 5.27. The van der Waals surface area contributed by atoms with Crippen molar-refractivity contribution in [2.45, 2.75) is 19.8 Å². The van der Waals surface area contributed by atoms with Crippen molar-refractivity contribution in [1.82, 2.24) is 0 Å². The van der Waals surface area contributed by atoms with Gasteiger partial charge in [-0.1, -0.05) is 59.7 Å². The molecule has 2 rings (SSSR count). The Morgan fingerprint density at radius 1 is 0.950 bits per heavy atom. The number of hydrogen-bond donors (Lipinski definition) is 2. The molecule has 0 bridgehead atoms. The fraction of sp³-hybridized carbons (Fsp3) is 0.250. The number of benzene rings is 2. The molecule has 0 aliphatic rings. The van der Waals surface area contributed by atoms with Crippen molar-refractivity contribution in [3.63, 3.8) is 0 Å². The maximum absolute atomic E-state index is 9.00. The van der Waals surface area contributed by atoms with Gasteiger partial charge in [0, 0.05) is 5.92 Å². The second-order valence-corrected chi connectivity index (χ2v) is 5.69. The van der Waals surface area contributed by atoms with Gasteiger partial charge in [0.05, 0.1) is 6.61 Å². The van der Waals surface area contributed by atoms with Gasteiger partial charge in [-0.05, 0) is 25.0 Å². The zero-order valence-electron chi connectivity index (χ0n) is 11.7. The van der Waals surface area contributed by atoms with E-state index in [2.05, 4.69) is 12.1 Å². The average molecular weight is 290 g/mol. The third kappa shape index (κ3) is 4.12. The molecule has 3 nitrogen and oxygen atoms in total. The minimum Gasteiger partial charge on any atom is -0.328 e. The summed E-state index contributed by atoms with van der Waals surface area (Å²) in [4.78, 5) is 18.0. The van der Waals surface area contributed by atoms with Crippen molar-refractivity contribution in [1.29, 1.82) is 0 Å². The summed E-state index contributed by atoms with van der Waals surface area (Å²) in [5, 5.41) is 0. The summed E-state index contributed by atoms with van der Waals surface area (Å²) in [7, 11) is -2.33. The maximum Gasteiger partial charge on any atom is 0.327 e. The molecule has 0 saturated heterocycles. The van der Waals surface area contributed by atoms with Crippen LogP contribution in [0.4, 0.5) is 0 Å². The van der Waals surface area contributed by atoms with Gasteiger partial charge < -0.3 is 14.3 Å². The highest BCUT2D eigenvalue weighted by atomic mass is 31.2. The Bertz CT molecular complexity index is 524. The first-order valence-corrected chi connectivity index (χ1v) is 7.66.